The summed E-state index contributed by atoms with van der Waals surface area (Å²) in [6.45, 7) is 3.98. The van der Waals surface area contributed by atoms with Gasteiger partial charge in [-0.15, -0.1) is 0 Å². The Bertz CT molecular complexity index is 296. The Morgan fingerprint density at radius 1 is 1.23 bits per heavy atom. The fourth-order valence-electron chi connectivity index (χ4n) is 0.987. The summed E-state index contributed by atoms with van der Waals surface area (Å²) in [7, 11) is 3.99. The quantitative estimate of drug-likeness (QED) is 0.635. The molecule has 0 saturated carbocycles. The van der Waals surface area contributed by atoms with Crippen molar-refractivity contribution in [3.05, 3.63) is 54.8 Å². The van der Waals surface area contributed by atoms with E-state index >= 15 is 0 Å². The fraction of sp³-hybridized carbons (Fsp3) is 0.167. The molecule has 0 radical (unpaired) electrons. The van der Waals surface area contributed by atoms with Crippen LogP contribution in [0.4, 0.5) is 0 Å². The fourth-order valence-corrected chi connectivity index (χ4v) is 0.987. The van der Waals surface area contributed by atoms with Crippen LogP contribution in [0.1, 0.15) is 5.56 Å². The van der Waals surface area contributed by atoms with Crippen LogP contribution >= 0.6 is 0 Å². The van der Waals surface area contributed by atoms with Crippen LogP contribution in [-0.4, -0.2) is 19.0 Å². The second kappa shape index (κ2) is 4.51. The molecule has 13 heavy (non-hydrogen) atoms. The van der Waals surface area contributed by atoms with E-state index in [9.17, 15) is 0 Å². The molecule has 0 aliphatic heterocycles. The average Bonchev–Trinajstić information content (AvgIpc) is 2.15. The van der Waals surface area contributed by atoms with Gasteiger partial charge < -0.3 is 4.90 Å². The van der Waals surface area contributed by atoms with Crippen LogP contribution in [0.15, 0.2) is 49.2 Å². The highest BCUT2D eigenvalue weighted by atomic mass is 15.0. The molecule has 0 aliphatic rings. The highest BCUT2D eigenvalue weighted by Gasteiger charge is 1.91. The van der Waals surface area contributed by atoms with Crippen LogP contribution in [0.25, 0.3) is 5.57 Å². The van der Waals surface area contributed by atoms with Gasteiger partial charge in [0.05, 0.1) is 0 Å². The van der Waals surface area contributed by atoms with Gasteiger partial charge in [-0.1, -0.05) is 36.9 Å². The molecule has 1 heteroatoms. The minimum atomic E-state index is 1.04. The lowest BCUT2D eigenvalue weighted by atomic mass is 10.1. The summed E-state index contributed by atoms with van der Waals surface area (Å²) in [5, 5.41) is 0. The predicted molar refractivity (Wildman–Crippen MR) is 58.3 cm³/mol. The number of hydrogen-bond donors (Lipinski definition) is 0. The largest absolute Gasteiger partial charge is 0.383 e. The van der Waals surface area contributed by atoms with Crippen molar-refractivity contribution < 1.29 is 0 Å². The van der Waals surface area contributed by atoms with Crippen LogP contribution in [0, 0.1) is 0 Å². The molecule has 0 unspecified atom stereocenters. The zero-order valence-electron chi connectivity index (χ0n) is 8.20. The van der Waals surface area contributed by atoms with Crippen molar-refractivity contribution in [2.75, 3.05) is 14.1 Å². The summed E-state index contributed by atoms with van der Waals surface area (Å²) >= 11 is 0. The molecule has 1 rings (SSSR count). The minimum absolute atomic E-state index is 1.04. The van der Waals surface area contributed by atoms with Crippen molar-refractivity contribution in [1.29, 1.82) is 0 Å². The molecule has 0 N–H and O–H groups in total. The van der Waals surface area contributed by atoms with Gasteiger partial charge in [0.1, 0.15) is 0 Å². The van der Waals surface area contributed by atoms with E-state index in [0.29, 0.717) is 0 Å². The smallest absolute Gasteiger partial charge is 0.00556 e. The maximum atomic E-state index is 3.98. The molecule has 0 atom stereocenters. The molecule has 0 heterocycles. The van der Waals surface area contributed by atoms with E-state index in [0.717, 1.165) is 5.57 Å². The average molecular weight is 173 g/mol. The Morgan fingerprint density at radius 3 is 2.38 bits per heavy atom. The van der Waals surface area contributed by atoms with E-state index in [4.69, 9.17) is 0 Å². The standard InChI is InChI=1S/C12H15N/c1-11(9-10-13(2)3)12-7-5-4-6-8-12/h4-10H,1H2,2-3H3/b10-9+. The van der Waals surface area contributed by atoms with Gasteiger partial charge in [-0.05, 0) is 23.4 Å². The van der Waals surface area contributed by atoms with Crippen LogP contribution in [0.3, 0.4) is 0 Å². The van der Waals surface area contributed by atoms with Crippen molar-refractivity contribution in [3.63, 3.8) is 0 Å². The first-order chi connectivity index (χ1) is 6.20. The van der Waals surface area contributed by atoms with E-state index in [1.807, 2.05) is 49.5 Å². The number of hydrogen-bond acceptors (Lipinski definition) is 1. The number of benzene rings is 1. The lowest BCUT2D eigenvalue weighted by molar-refractivity contribution is 0.564. The molecule has 68 valence electrons. The van der Waals surface area contributed by atoms with Gasteiger partial charge in [0.15, 0.2) is 0 Å². The molecule has 0 bridgehead atoms. The Kier molecular flexibility index (Phi) is 3.32. The van der Waals surface area contributed by atoms with Crippen molar-refractivity contribution in [1.82, 2.24) is 4.90 Å². The third-order valence-corrected chi connectivity index (χ3v) is 1.72. The van der Waals surface area contributed by atoms with Crippen LogP contribution in [0.5, 0.6) is 0 Å². The zero-order valence-corrected chi connectivity index (χ0v) is 8.20. The molecule has 0 aliphatic carbocycles. The first-order valence-corrected chi connectivity index (χ1v) is 4.29. The summed E-state index contributed by atoms with van der Waals surface area (Å²) < 4.78 is 0. The SMILES string of the molecule is C=C(/C=C/N(C)C)c1ccccc1. The molecular formula is C12H15N. The highest BCUT2D eigenvalue weighted by Crippen LogP contribution is 2.12. The van der Waals surface area contributed by atoms with E-state index in [-0.39, 0.29) is 0 Å². The normalized spacial score (nSPS) is 10.3. The van der Waals surface area contributed by atoms with Crippen LogP contribution < -0.4 is 0 Å². The van der Waals surface area contributed by atoms with Gasteiger partial charge in [-0.3, -0.25) is 0 Å². The van der Waals surface area contributed by atoms with Crippen molar-refractivity contribution in [2.24, 2.45) is 0 Å². The predicted octanol–water partition coefficient (Wildman–Crippen LogP) is 2.78. The minimum Gasteiger partial charge on any atom is -0.383 e. The molecule has 1 aromatic rings. The van der Waals surface area contributed by atoms with Crippen molar-refractivity contribution in [2.45, 2.75) is 0 Å². The monoisotopic (exact) mass is 173 g/mol. The molecular weight excluding hydrogens is 158 g/mol. The Morgan fingerprint density at radius 2 is 1.85 bits per heavy atom. The van der Waals surface area contributed by atoms with Crippen molar-refractivity contribution >= 4 is 5.57 Å². The van der Waals surface area contributed by atoms with Gasteiger partial charge in [0.25, 0.3) is 0 Å². The molecule has 0 aromatic heterocycles. The Balaban J connectivity index is 2.70. The number of nitrogens with zero attached hydrogens (tertiary/aromatic N) is 1. The second-order valence-corrected chi connectivity index (χ2v) is 3.17. The maximum Gasteiger partial charge on any atom is 0.00556 e. The highest BCUT2D eigenvalue weighted by molar-refractivity contribution is 5.71. The Labute approximate surface area is 80.0 Å². The van der Waals surface area contributed by atoms with Gasteiger partial charge >= 0.3 is 0 Å². The molecule has 1 aromatic carbocycles. The summed E-state index contributed by atoms with van der Waals surface area (Å²) in [5.41, 5.74) is 2.20. The first-order valence-electron chi connectivity index (χ1n) is 4.29. The lowest BCUT2D eigenvalue weighted by Crippen LogP contribution is -1.99. The maximum absolute atomic E-state index is 3.98. The van der Waals surface area contributed by atoms with Gasteiger partial charge in [-0.2, -0.15) is 0 Å². The zero-order chi connectivity index (χ0) is 9.68. The third kappa shape index (κ3) is 3.16. The van der Waals surface area contributed by atoms with Gasteiger partial charge in [0, 0.05) is 14.1 Å². The van der Waals surface area contributed by atoms with Gasteiger partial charge in [0.2, 0.25) is 0 Å². The molecule has 0 saturated heterocycles. The molecule has 0 fully saturated rings. The van der Waals surface area contributed by atoms with Crippen molar-refractivity contribution in [3.8, 4) is 0 Å². The van der Waals surface area contributed by atoms with E-state index in [1.54, 1.807) is 0 Å². The summed E-state index contributed by atoms with van der Waals surface area (Å²) in [4.78, 5) is 1.99. The van der Waals surface area contributed by atoms with E-state index in [2.05, 4.69) is 18.7 Å². The lowest BCUT2D eigenvalue weighted by Gasteiger charge is -2.04. The summed E-state index contributed by atoms with van der Waals surface area (Å²) in [5.74, 6) is 0. The topological polar surface area (TPSA) is 3.24 Å². The summed E-state index contributed by atoms with van der Waals surface area (Å²) in [6, 6.07) is 10.2. The number of allylic oxidation sites excluding steroid dienone is 2. The van der Waals surface area contributed by atoms with E-state index < -0.39 is 0 Å². The van der Waals surface area contributed by atoms with Crippen LogP contribution in [-0.2, 0) is 0 Å². The van der Waals surface area contributed by atoms with E-state index in [1.165, 1.54) is 5.56 Å². The molecule has 1 nitrogen and oxygen atoms in total. The third-order valence-electron chi connectivity index (χ3n) is 1.72. The molecule has 0 amide bonds. The number of rotatable bonds is 3. The van der Waals surface area contributed by atoms with Crippen LogP contribution in [0.2, 0.25) is 0 Å². The second-order valence-electron chi connectivity index (χ2n) is 3.17. The first kappa shape index (κ1) is 9.59. The van der Waals surface area contributed by atoms with Gasteiger partial charge in [-0.25, -0.2) is 0 Å². The Hall–Kier alpha value is -1.50. The molecule has 0 spiro atoms. The summed E-state index contributed by atoms with van der Waals surface area (Å²) in [6.07, 6.45) is 4.00.